The highest BCUT2D eigenvalue weighted by Gasteiger charge is 2.20. The molecule has 0 fully saturated rings. The highest BCUT2D eigenvalue weighted by molar-refractivity contribution is 5.26. The lowest BCUT2D eigenvalue weighted by molar-refractivity contribution is -0.385. The first-order valence-electron chi connectivity index (χ1n) is 6.60. The third-order valence-electron chi connectivity index (χ3n) is 3.71. The molecule has 0 N–H and O–H groups in total. The van der Waals surface area contributed by atoms with Crippen LogP contribution in [0.5, 0.6) is 0 Å². The maximum atomic E-state index is 10.5. The summed E-state index contributed by atoms with van der Waals surface area (Å²) in [5.41, 5.74) is 1.36. The molecule has 0 radical (unpaired) electrons. The van der Waals surface area contributed by atoms with Crippen LogP contribution in [0.25, 0.3) is 0 Å². The second kappa shape index (κ2) is 6.47. The van der Waals surface area contributed by atoms with Crippen molar-refractivity contribution in [1.82, 2.24) is 4.98 Å². The molecule has 0 saturated carbocycles. The van der Waals surface area contributed by atoms with E-state index in [1.54, 1.807) is 6.07 Å². The highest BCUT2D eigenvalue weighted by Crippen LogP contribution is 2.32. The molecule has 18 heavy (non-hydrogen) atoms. The number of rotatable bonds is 7. The maximum absolute atomic E-state index is 10.5. The Kier molecular flexibility index (Phi) is 5.25. The topological polar surface area (TPSA) is 56.0 Å². The molecule has 0 aliphatic heterocycles. The Labute approximate surface area is 109 Å². The van der Waals surface area contributed by atoms with Crippen molar-refractivity contribution < 1.29 is 4.92 Å². The Bertz CT molecular complexity index is 389. The lowest BCUT2D eigenvalue weighted by Crippen LogP contribution is -2.16. The van der Waals surface area contributed by atoms with E-state index in [2.05, 4.69) is 25.8 Å². The summed E-state index contributed by atoms with van der Waals surface area (Å²) in [6, 6.07) is 3.30. The first kappa shape index (κ1) is 14.6. The summed E-state index contributed by atoms with van der Waals surface area (Å²) < 4.78 is 0. The van der Waals surface area contributed by atoms with Crippen LogP contribution in [0.3, 0.4) is 0 Å². The van der Waals surface area contributed by atoms with Gasteiger partial charge in [0.2, 0.25) is 0 Å². The zero-order chi connectivity index (χ0) is 13.6. The van der Waals surface area contributed by atoms with Crippen LogP contribution in [-0.4, -0.2) is 9.91 Å². The quantitative estimate of drug-likeness (QED) is 0.540. The van der Waals surface area contributed by atoms with Crippen LogP contribution < -0.4 is 0 Å². The summed E-state index contributed by atoms with van der Waals surface area (Å²) >= 11 is 0. The molecule has 1 heterocycles. The van der Waals surface area contributed by atoms with Gasteiger partial charge in [0, 0.05) is 11.8 Å². The number of hydrogen-bond donors (Lipinski definition) is 0. The van der Waals surface area contributed by atoms with Crippen molar-refractivity contribution in [3.8, 4) is 0 Å². The van der Waals surface area contributed by atoms with Crippen molar-refractivity contribution >= 4 is 5.69 Å². The number of nitro groups is 1. The first-order valence-corrected chi connectivity index (χ1v) is 6.60. The summed E-state index contributed by atoms with van der Waals surface area (Å²) in [6.07, 6.45) is 6.89. The van der Waals surface area contributed by atoms with E-state index in [0.717, 1.165) is 25.0 Å². The van der Waals surface area contributed by atoms with E-state index in [1.807, 2.05) is 0 Å². The van der Waals surface area contributed by atoms with Crippen LogP contribution in [0.1, 0.15) is 52.1 Å². The second-order valence-electron chi connectivity index (χ2n) is 5.18. The standard InChI is InChI=1S/C14H22N2O2/c1-4-9-14(3,5-2)10-8-12-6-7-13(11-15-12)16(17)18/h6-7,11H,4-5,8-10H2,1-3H3. The van der Waals surface area contributed by atoms with Crippen molar-refractivity contribution in [2.24, 2.45) is 5.41 Å². The van der Waals surface area contributed by atoms with Crippen molar-refractivity contribution in [2.75, 3.05) is 0 Å². The number of hydrogen-bond acceptors (Lipinski definition) is 3. The third kappa shape index (κ3) is 4.09. The zero-order valence-electron chi connectivity index (χ0n) is 11.5. The normalized spacial score (nSPS) is 14.2. The molecule has 1 unspecified atom stereocenters. The Balaban J connectivity index is 2.60. The first-order chi connectivity index (χ1) is 8.50. The van der Waals surface area contributed by atoms with Crippen molar-refractivity contribution in [3.05, 3.63) is 34.1 Å². The van der Waals surface area contributed by atoms with Gasteiger partial charge in [-0.15, -0.1) is 0 Å². The molecule has 0 aliphatic rings. The van der Waals surface area contributed by atoms with Gasteiger partial charge in [0.15, 0.2) is 0 Å². The van der Waals surface area contributed by atoms with Crippen LogP contribution >= 0.6 is 0 Å². The summed E-state index contributed by atoms with van der Waals surface area (Å²) in [5, 5.41) is 10.5. The lowest BCUT2D eigenvalue weighted by atomic mass is 9.78. The van der Waals surface area contributed by atoms with E-state index in [4.69, 9.17) is 0 Å². The molecule has 100 valence electrons. The molecule has 0 amide bonds. The van der Waals surface area contributed by atoms with Crippen LogP contribution in [-0.2, 0) is 6.42 Å². The molecule has 0 spiro atoms. The molecular weight excluding hydrogens is 228 g/mol. The van der Waals surface area contributed by atoms with Crippen molar-refractivity contribution in [2.45, 2.75) is 52.9 Å². The van der Waals surface area contributed by atoms with Gasteiger partial charge in [-0.1, -0.05) is 33.6 Å². The van der Waals surface area contributed by atoms with Gasteiger partial charge in [-0.25, -0.2) is 0 Å². The number of pyridine rings is 1. The minimum Gasteiger partial charge on any atom is -0.258 e. The summed E-state index contributed by atoms with van der Waals surface area (Å²) in [5.74, 6) is 0. The Hall–Kier alpha value is -1.45. The fraction of sp³-hybridized carbons (Fsp3) is 0.643. The molecule has 0 bridgehead atoms. The van der Waals surface area contributed by atoms with Gasteiger partial charge in [0.25, 0.3) is 5.69 Å². The molecule has 0 aromatic carbocycles. The van der Waals surface area contributed by atoms with Gasteiger partial charge in [0.1, 0.15) is 6.20 Å². The molecular formula is C14H22N2O2. The molecule has 4 nitrogen and oxygen atoms in total. The molecule has 0 aliphatic carbocycles. The molecule has 1 aromatic rings. The van der Waals surface area contributed by atoms with Gasteiger partial charge in [-0.05, 0) is 30.7 Å². The second-order valence-corrected chi connectivity index (χ2v) is 5.18. The summed E-state index contributed by atoms with van der Waals surface area (Å²) in [6.45, 7) is 6.73. The lowest BCUT2D eigenvalue weighted by Gasteiger charge is -2.27. The van der Waals surface area contributed by atoms with Crippen molar-refractivity contribution in [1.29, 1.82) is 0 Å². The van der Waals surface area contributed by atoms with Crippen LogP contribution in [0.2, 0.25) is 0 Å². The van der Waals surface area contributed by atoms with Gasteiger partial charge >= 0.3 is 0 Å². The van der Waals surface area contributed by atoms with E-state index in [1.165, 1.54) is 25.1 Å². The Morgan fingerprint density at radius 2 is 2.06 bits per heavy atom. The third-order valence-corrected chi connectivity index (χ3v) is 3.71. The van der Waals surface area contributed by atoms with E-state index in [9.17, 15) is 10.1 Å². The zero-order valence-corrected chi connectivity index (χ0v) is 11.5. The minimum absolute atomic E-state index is 0.0607. The average Bonchev–Trinajstić information content (AvgIpc) is 2.37. The fourth-order valence-corrected chi connectivity index (χ4v) is 2.18. The largest absolute Gasteiger partial charge is 0.287 e. The van der Waals surface area contributed by atoms with Crippen LogP contribution in [0, 0.1) is 15.5 Å². The number of aryl methyl sites for hydroxylation is 1. The summed E-state index contributed by atoms with van der Waals surface area (Å²) in [4.78, 5) is 14.3. The molecule has 1 aromatic heterocycles. The van der Waals surface area contributed by atoms with E-state index >= 15 is 0 Å². The van der Waals surface area contributed by atoms with Crippen LogP contribution in [0.4, 0.5) is 5.69 Å². The maximum Gasteiger partial charge on any atom is 0.287 e. The molecule has 1 rings (SSSR count). The van der Waals surface area contributed by atoms with Gasteiger partial charge in [-0.2, -0.15) is 0 Å². The monoisotopic (exact) mass is 250 g/mol. The smallest absolute Gasteiger partial charge is 0.258 e. The predicted octanol–water partition coefficient (Wildman–Crippen LogP) is 4.14. The predicted molar refractivity (Wildman–Crippen MR) is 72.5 cm³/mol. The highest BCUT2D eigenvalue weighted by atomic mass is 16.6. The van der Waals surface area contributed by atoms with Gasteiger partial charge in [-0.3, -0.25) is 15.1 Å². The Morgan fingerprint density at radius 1 is 1.33 bits per heavy atom. The average molecular weight is 250 g/mol. The van der Waals surface area contributed by atoms with E-state index < -0.39 is 4.92 Å². The number of nitrogens with zero attached hydrogens (tertiary/aromatic N) is 2. The van der Waals surface area contributed by atoms with Gasteiger partial charge < -0.3 is 0 Å². The molecule has 1 atom stereocenters. The Morgan fingerprint density at radius 3 is 2.50 bits per heavy atom. The van der Waals surface area contributed by atoms with E-state index in [-0.39, 0.29) is 5.69 Å². The summed E-state index contributed by atoms with van der Waals surface area (Å²) in [7, 11) is 0. The minimum atomic E-state index is -0.413. The fourth-order valence-electron chi connectivity index (χ4n) is 2.18. The van der Waals surface area contributed by atoms with Crippen LogP contribution in [0.15, 0.2) is 18.3 Å². The van der Waals surface area contributed by atoms with Crippen molar-refractivity contribution in [3.63, 3.8) is 0 Å². The molecule has 0 saturated heterocycles. The molecule has 4 heteroatoms. The number of aromatic nitrogens is 1. The van der Waals surface area contributed by atoms with E-state index in [0.29, 0.717) is 5.41 Å². The SMILES string of the molecule is CCCC(C)(CC)CCc1ccc([N+](=O)[O-])cn1. The van der Waals surface area contributed by atoms with Gasteiger partial charge in [0.05, 0.1) is 4.92 Å².